The molecule has 10 heteroatoms. The normalized spacial score (nSPS) is 32.1. The van der Waals surface area contributed by atoms with E-state index in [2.05, 4.69) is 27.8 Å². The summed E-state index contributed by atoms with van der Waals surface area (Å²) in [5, 5.41) is -0.0682. The van der Waals surface area contributed by atoms with Crippen LogP contribution in [0.15, 0.2) is 72.9 Å². The fraction of sp³-hybridized carbons (Fsp3) is 0.474. The largest absolute Gasteiger partial charge is 0.490 e. The molecule has 1 aromatic heterocycles. The van der Waals surface area contributed by atoms with Crippen molar-refractivity contribution in [2.45, 2.75) is 68.6 Å². The summed E-state index contributed by atoms with van der Waals surface area (Å²) in [5.41, 5.74) is 3.38. The van der Waals surface area contributed by atoms with Crippen LogP contribution in [0.1, 0.15) is 73.1 Å². The quantitative estimate of drug-likeness (QED) is 0.295. The van der Waals surface area contributed by atoms with Crippen LogP contribution < -0.4 is 14.4 Å². The predicted octanol–water partition coefficient (Wildman–Crippen LogP) is 6.82. The summed E-state index contributed by atoms with van der Waals surface area (Å²) in [5.74, 6) is 0.191. The number of allylic oxidation sites excluding steroid dienone is 1. The standard InChI is InChI=1S/C38H44ClN3O5S/c1-25-8-6-18-38(46-3,35-10-4-5-19-40-35)32-14-11-29(32)22-42-23-37(17-7-9-27-20-30(39)13-15-31(27)37)24-47-34-16-12-28(21-33(34)42)36(43)41-48(44,45)26(25)2/h4-6,10,12-13,15-16,18-21,25-26,29,32H,7-9,11,14,17,22-24H2,1-3H3,(H,41,43)/b18-6+/t25?,26-,29+,32-,37+,38+/m1/s1. The molecule has 1 spiro atoms. The summed E-state index contributed by atoms with van der Waals surface area (Å²) in [4.78, 5) is 20.7. The van der Waals surface area contributed by atoms with E-state index in [0.29, 0.717) is 31.9 Å². The van der Waals surface area contributed by atoms with E-state index in [1.165, 1.54) is 11.1 Å². The monoisotopic (exact) mass is 689 g/mol. The molecule has 1 N–H and O–H groups in total. The number of aromatic nitrogens is 1. The molecule has 1 fully saturated rings. The summed E-state index contributed by atoms with van der Waals surface area (Å²) in [7, 11) is -2.22. The summed E-state index contributed by atoms with van der Waals surface area (Å²) in [6.45, 7) is 5.45. The number of nitrogens with zero attached hydrogens (tertiary/aromatic N) is 2. The molecule has 2 aliphatic heterocycles. The first-order valence-electron chi connectivity index (χ1n) is 17.1. The van der Waals surface area contributed by atoms with Gasteiger partial charge < -0.3 is 14.4 Å². The molecule has 4 aliphatic rings. The van der Waals surface area contributed by atoms with Crippen molar-refractivity contribution in [2.24, 2.45) is 17.8 Å². The second kappa shape index (κ2) is 12.8. The summed E-state index contributed by atoms with van der Waals surface area (Å²) in [6.07, 6.45) is 11.4. The molecule has 48 heavy (non-hydrogen) atoms. The highest BCUT2D eigenvalue weighted by Gasteiger charge is 2.50. The lowest BCUT2D eigenvalue weighted by Gasteiger charge is -2.50. The highest BCUT2D eigenvalue weighted by Crippen LogP contribution is 2.51. The zero-order valence-electron chi connectivity index (χ0n) is 27.8. The van der Waals surface area contributed by atoms with E-state index in [0.717, 1.165) is 48.5 Å². The number of carbonyl (C=O) groups is 1. The van der Waals surface area contributed by atoms with Crippen LogP contribution in [-0.4, -0.2) is 51.4 Å². The average Bonchev–Trinajstić information content (AvgIpc) is 3.22. The molecule has 2 aliphatic carbocycles. The van der Waals surface area contributed by atoms with E-state index in [9.17, 15) is 13.2 Å². The number of benzene rings is 2. The zero-order valence-corrected chi connectivity index (χ0v) is 29.4. The van der Waals surface area contributed by atoms with Crippen LogP contribution in [0, 0.1) is 17.8 Å². The molecule has 0 saturated heterocycles. The van der Waals surface area contributed by atoms with Crippen LogP contribution in [0.2, 0.25) is 5.02 Å². The van der Waals surface area contributed by atoms with Crippen molar-refractivity contribution in [3.05, 3.63) is 100 Å². The minimum absolute atomic E-state index is 0.130. The van der Waals surface area contributed by atoms with Crippen LogP contribution in [0.4, 0.5) is 5.69 Å². The maximum absolute atomic E-state index is 13.5. The molecular formula is C38H44ClN3O5S. The van der Waals surface area contributed by atoms with Crippen molar-refractivity contribution < 1.29 is 22.7 Å². The molecule has 6 atom stereocenters. The molecule has 0 radical (unpaired) electrons. The number of hydrogen-bond acceptors (Lipinski definition) is 7. The highest BCUT2D eigenvalue weighted by molar-refractivity contribution is 7.90. The molecule has 7 rings (SSSR count). The lowest BCUT2D eigenvalue weighted by Crippen LogP contribution is -2.52. The molecule has 3 heterocycles. The number of carbonyl (C=O) groups excluding carboxylic acids is 1. The van der Waals surface area contributed by atoms with Crippen LogP contribution in [0.25, 0.3) is 0 Å². The van der Waals surface area contributed by atoms with Crippen LogP contribution in [0.3, 0.4) is 0 Å². The molecule has 3 aromatic rings. The maximum Gasteiger partial charge on any atom is 0.264 e. The Morgan fingerprint density at radius 3 is 2.71 bits per heavy atom. The fourth-order valence-corrected chi connectivity index (χ4v) is 9.92. The van der Waals surface area contributed by atoms with Gasteiger partial charge in [0.2, 0.25) is 10.0 Å². The van der Waals surface area contributed by atoms with Crippen molar-refractivity contribution in [2.75, 3.05) is 31.7 Å². The number of nitrogens with one attached hydrogen (secondary N) is 1. The SMILES string of the molecule is CO[C@@]1(c2ccccn2)/C=C/CC(C)[C@@H](C)S(=O)(=O)NC(=O)c2ccc3c(c2)N(C[C@@H]2CC[C@H]21)C[C@@]1(CCCc2cc(Cl)ccc21)CO3. The summed E-state index contributed by atoms with van der Waals surface area (Å²) < 4.78 is 42.5. The molecule has 1 saturated carbocycles. The van der Waals surface area contributed by atoms with Gasteiger partial charge in [0.15, 0.2) is 0 Å². The van der Waals surface area contributed by atoms with E-state index in [4.69, 9.17) is 26.1 Å². The number of halogens is 1. The Balaban J connectivity index is 1.36. The number of amides is 1. The van der Waals surface area contributed by atoms with Gasteiger partial charge in [0.05, 0.1) is 23.2 Å². The summed E-state index contributed by atoms with van der Waals surface area (Å²) in [6, 6.07) is 17.4. The molecule has 8 nitrogen and oxygen atoms in total. The van der Waals surface area contributed by atoms with Crippen molar-refractivity contribution in [1.29, 1.82) is 0 Å². The van der Waals surface area contributed by atoms with Gasteiger partial charge in [-0.15, -0.1) is 0 Å². The van der Waals surface area contributed by atoms with Crippen molar-refractivity contribution >= 4 is 33.2 Å². The number of pyridine rings is 1. The molecule has 1 unspecified atom stereocenters. The van der Waals surface area contributed by atoms with Gasteiger partial charge in [-0.05, 0) is 111 Å². The van der Waals surface area contributed by atoms with Crippen LogP contribution >= 0.6 is 11.6 Å². The smallest absolute Gasteiger partial charge is 0.264 e. The number of ether oxygens (including phenoxy) is 2. The predicted molar refractivity (Wildman–Crippen MR) is 188 cm³/mol. The topological polar surface area (TPSA) is 97.8 Å². The van der Waals surface area contributed by atoms with Crippen molar-refractivity contribution in [3.63, 3.8) is 0 Å². The number of methoxy groups -OCH3 is 1. The van der Waals surface area contributed by atoms with Gasteiger partial charge in [0, 0.05) is 48.3 Å². The maximum atomic E-state index is 13.5. The molecule has 2 bridgehead atoms. The Kier molecular flexibility index (Phi) is 8.84. The number of aryl methyl sites for hydroxylation is 1. The van der Waals surface area contributed by atoms with Crippen LogP contribution in [0.5, 0.6) is 5.75 Å². The third kappa shape index (κ3) is 5.81. The van der Waals surface area contributed by atoms with E-state index in [-0.39, 0.29) is 28.7 Å². The Morgan fingerprint density at radius 2 is 1.96 bits per heavy atom. The van der Waals surface area contributed by atoms with E-state index < -0.39 is 26.8 Å². The van der Waals surface area contributed by atoms with Gasteiger partial charge in [0.1, 0.15) is 11.4 Å². The second-order valence-corrected chi connectivity index (χ2v) is 16.7. The van der Waals surface area contributed by atoms with Crippen LogP contribution in [-0.2, 0) is 32.2 Å². The number of fused-ring (bicyclic) bond motifs is 4. The number of anilines is 1. The number of hydrogen-bond donors (Lipinski definition) is 1. The lowest BCUT2D eigenvalue weighted by molar-refractivity contribution is -0.0831. The second-order valence-electron chi connectivity index (χ2n) is 14.2. The minimum atomic E-state index is -3.96. The average molecular weight is 690 g/mol. The minimum Gasteiger partial charge on any atom is -0.490 e. The Hall–Kier alpha value is -3.40. The van der Waals surface area contributed by atoms with E-state index in [1.54, 1.807) is 32.4 Å². The van der Waals surface area contributed by atoms with Gasteiger partial charge >= 0.3 is 0 Å². The number of rotatable bonds is 2. The van der Waals surface area contributed by atoms with Gasteiger partial charge in [-0.3, -0.25) is 9.78 Å². The van der Waals surface area contributed by atoms with Crippen molar-refractivity contribution in [1.82, 2.24) is 9.71 Å². The van der Waals surface area contributed by atoms with Gasteiger partial charge in [-0.1, -0.05) is 42.8 Å². The molecular weight excluding hydrogens is 646 g/mol. The van der Waals surface area contributed by atoms with E-state index >= 15 is 0 Å². The summed E-state index contributed by atoms with van der Waals surface area (Å²) >= 11 is 6.46. The zero-order chi connectivity index (χ0) is 33.7. The third-order valence-corrected chi connectivity index (χ3v) is 13.7. The van der Waals surface area contributed by atoms with E-state index in [1.807, 2.05) is 43.3 Å². The first kappa shape index (κ1) is 33.1. The van der Waals surface area contributed by atoms with Gasteiger partial charge in [-0.25, -0.2) is 13.1 Å². The Bertz CT molecular complexity index is 1830. The van der Waals surface area contributed by atoms with Gasteiger partial charge in [-0.2, -0.15) is 0 Å². The molecule has 1 amide bonds. The number of sulfonamides is 1. The third-order valence-electron chi connectivity index (χ3n) is 11.5. The first-order chi connectivity index (χ1) is 23.0. The Labute approximate surface area is 288 Å². The fourth-order valence-electron chi connectivity index (χ4n) is 8.44. The van der Waals surface area contributed by atoms with Crippen molar-refractivity contribution in [3.8, 4) is 5.75 Å². The first-order valence-corrected chi connectivity index (χ1v) is 19.0. The Morgan fingerprint density at radius 1 is 1.10 bits per heavy atom. The lowest BCUT2D eigenvalue weighted by atomic mass is 9.62. The molecule has 2 aromatic carbocycles. The molecule has 254 valence electrons. The van der Waals surface area contributed by atoms with Gasteiger partial charge in [0.25, 0.3) is 5.91 Å². The highest BCUT2D eigenvalue weighted by atomic mass is 35.5.